The van der Waals surface area contributed by atoms with E-state index in [4.69, 9.17) is 16.1 Å². The van der Waals surface area contributed by atoms with E-state index in [0.717, 1.165) is 22.2 Å². The van der Waals surface area contributed by atoms with E-state index < -0.39 is 0 Å². The Morgan fingerprint density at radius 2 is 1.77 bits per heavy atom. The molecule has 0 atom stereocenters. The van der Waals surface area contributed by atoms with E-state index in [2.05, 4.69) is 25.1 Å². The lowest BCUT2D eigenvalue weighted by Gasteiger charge is -2.09. The zero-order valence-corrected chi connectivity index (χ0v) is 14.7. The Labute approximate surface area is 154 Å². The molecule has 0 amide bonds. The van der Waals surface area contributed by atoms with Gasteiger partial charge in [0.2, 0.25) is 5.82 Å². The van der Waals surface area contributed by atoms with Gasteiger partial charge in [-0.3, -0.25) is 0 Å². The molecule has 7 heteroatoms. The van der Waals surface area contributed by atoms with Gasteiger partial charge in [0.1, 0.15) is 5.52 Å². The molecule has 5 rings (SSSR count). The molecule has 1 saturated carbocycles. The highest BCUT2D eigenvalue weighted by Gasteiger charge is 2.20. The third kappa shape index (κ3) is 2.66. The van der Waals surface area contributed by atoms with Gasteiger partial charge in [0, 0.05) is 16.1 Å². The van der Waals surface area contributed by atoms with Crippen LogP contribution in [-0.2, 0) is 0 Å². The summed E-state index contributed by atoms with van der Waals surface area (Å²) in [7, 11) is 0. The Bertz CT molecular complexity index is 1060. The fourth-order valence-electron chi connectivity index (χ4n) is 3.55. The van der Waals surface area contributed by atoms with Crippen LogP contribution >= 0.6 is 11.6 Å². The number of aromatic nitrogens is 5. The number of hydrogen-bond acceptors (Lipinski definition) is 5. The number of rotatable bonds is 3. The lowest BCUT2D eigenvalue weighted by molar-refractivity contribution is 0.432. The minimum Gasteiger partial charge on any atom is -0.334 e. The largest absolute Gasteiger partial charge is 0.334 e. The second-order valence-electron chi connectivity index (χ2n) is 6.61. The van der Waals surface area contributed by atoms with Crippen LogP contribution in [0.3, 0.4) is 0 Å². The van der Waals surface area contributed by atoms with Crippen LogP contribution in [0.1, 0.15) is 31.7 Å². The number of nitrogens with zero attached hydrogens (tertiary/aromatic N) is 5. The van der Waals surface area contributed by atoms with Gasteiger partial charge in [0.15, 0.2) is 0 Å². The van der Waals surface area contributed by atoms with E-state index >= 15 is 0 Å². The second kappa shape index (κ2) is 6.21. The first-order chi connectivity index (χ1) is 12.8. The molecule has 4 aromatic rings. The average molecular weight is 366 g/mol. The molecule has 2 heterocycles. The molecule has 26 heavy (non-hydrogen) atoms. The summed E-state index contributed by atoms with van der Waals surface area (Å²) >= 11 is 5.92. The van der Waals surface area contributed by atoms with Crippen molar-refractivity contribution >= 4 is 22.6 Å². The van der Waals surface area contributed by atoms with Gasteiger partial charge < -0.3 is 4.52 Å². The Morgan fingerprint density at radius 3 is 2.58 bits per heavy atom. The zero-order valence-electron chi connectivity index (χ0n) is 14.0. The Kier molecular flexibility index (Phi) is 3.71. The van der Waals surface area contributed by atoms with Crippen LogP contribution in [0.25, 0.3) is 33.9 Å². The Morgan fingerprint density at radius 1 is 1.00 bits per heavy atom. The van der Waals surface area contributed by atoms with Crippen LogP contribution < -0.4 is 0 Å². The van der Waals surface area contributed by atoms with Gasteiger partial charge in [-0.25, -0.2) is 4.68 Å². The lowest BCUT2D eigenvalue weighted by Crippen LogP contribution is -2.06. The number of benzene rings is 2. The summed E-state index contributed by atoms with van der Waals surface area (Å²) in [5.41, 5.74) is 3.61. The van der Waals surface area contributed by atoms with Crippen molar-refractivity contribution in [2.75, 3.05) is 0 Å². The SMILES string of the molecule is Clc1ccc(-c2nc(-c3ccc4c(c3)nnn4C3CCCC3)no2)cc1. The van der Waals surface area contributed by atoms with Crippen molar-refractivity contribution in [3.63, 3.8) is 0 Å². The van der Waals surface area contributed by atoms with Crippen LogP contribution in [0.15, 0.2) is 47.0 Å². The smallest absolute Gasteiger partial charge is 0.258 e. The molecule has 0 bridgehead atoms. The number of fused-ring (bicyclic) bond motifs is 1. The standard InChI is InChI=1S/C19H16ClN5O/c20-14-8-5-12(6-9-14)19-21-18(23-26-19)13-7-10-17-16(11-13)22-24-25(17)15-3-1-2-4-15/h5-11,15H,1-4H2. The first-order valence-corrected chi connectivity index (χ1v) is 9.11. The average Bonchev–Trinajstić information content (AvgIpc) is 3.41. The van der Waals surface area contributed by atoms with Gasteiger partial charge in [-0.2, -0.15) is 4.98 Å². The van der Waals surface area contributed by atoms with Gasteiger partial charge in [-0.15, -0.1) is 5.10 Å². The fourth-order valence-corrected chi connectivity index (χ4v) is 3.68. The maximum Gasteiger partial charge on any atom is 0.258 e. The third-order valence-electron chi connectivity index (χ3n) is 4.92. The number of halogens is 1. The van der Waals surface area contributed by atoms with Crippen molar-refractivity contribution in [1.82, 2.24) is 25.1 Å². The third-order valence-corrected chi connectivity index (χ3v) is 5.17. The summed E-state index contributed by atoms with van der Waals surface area (Å²) in [4.78, 5) is 4.50. The molecule has 2 aromatic carbocycles. The summed E-state index contributed by atoms with van der Waals surface area (Å²) in [6.45, 7) is 0. The van der Waals surface area contributed by atoms with Gasteiger partial charge in [-0.05, 0) is 55.3 Å². The normalized spacial score (nSPS) is 15.1. The molecule has 0 unspecified atom stereocenters. The van der Waals surface area contributed by atoms with Gasteiger partial charge in [0.05, 0.1) is 11.6 Å². The predicted molar refractivity (Wildman–Crippen MR) is 98.8 cm³/mol. The van der Waals surface area contributed by atoms with Gasteiger partial charge >= 0.3 is 0 Å². The quantitative estimate of drug-likeness (QED) is 0.515. The maximum absolute atomic E-state index is 5.92. The van der Waals surface area contributed by atoms with Crippen molar-refractivity contribution < 1.29 is 4.52 Å². The first-order valence-electron chi connectivity index (χ1n) is 8.73. The summed E-state index contributed by atoms with van der Waals surface area (Å²) in [6.07, 6.45) is 4.88. The predicted octanol–water partition coefficient (Wildman–Crippen LogP) is 4.92. The van der Waals surface area contributed by atoms with Crippen molar-refractivity contribution in [2.45, 2.75) is 31.7 Å². The van der Waals surface area contributed by atoms with Crippen LogP contribution in [0.5, 0.6) is 0 Å². The van der Waals surface area contributed by atoms with Crippen molar-refractivity contribution in [3.05, 3.63) is 47.5 Å². The van der Waals surface area contributed by atoms with E-state index in [0.29, 0.717) is 22.8 Å². The molecule has 1 aliphatic rings. The monoisotopic (exact) mass is 365 g/mol. The second-order valence-corrected chi connectivity index (χ2v) is 7.04. The molecule has 1 aliphatic carbocycles. The molecule has 1 fully saturated rings. The van der Waals surface area contributed by atoms with E-state index in [1.165, 1.54) is 25.7 Å². The maximum atomic E-state index is 5.92. The van der Waals surface area contributed by atoms with E-state index in [1.54, 1.807) is 12.1 Å². The van der Waals surface area contributed by atoms with E-state index in [-0.39, 0.29) is 0 Å². The molecular weight excluding hydrogens is 350 g/mol. The molecule has 0 aliphatic heterocycles. The van der Waals surface area contributed by atoms with Gasteiger partial charge in [0.25, 0.3) is 5.89 Å². The Balaban J connectivity index is 1.48. The Hall–Kier alpha value is -2.73. The summed E-state index contributed by atoms with van der Waals surface area (Å²) < 4.78 is 7.46. The topological polar surface area (TPSA) is 69.6 Å². The van der Waals surface area contributed by atoms with Crippen molar-refractivity contribution in [1.29, 1.82) is 0 Å². The molecule has 130 valence electrons. The molecule has 0 spiro atoms. The van der Waals surface area contributed by atoms with E-state index in [9.17, 15) is 0 Å². The van der Waals surface area contributed by atoms with Crippen molar-refractivity contribution in [3.8, 4) is 22.8 Å². The highest BCUT2D eigenvalue weighted by atomic mass is 35.5. The van der Waals surface area contributed by atoms with E-state index in [1.807, 2.05) is 30.3 Å². The van der Waals surface area contributed by atoms with Crippen LogP contribution in [0.4, 0.5) is 0 Å². The molecule has 0 saturated heterocycles. The minimum atomic E-state index is 0.464. The highest BCUT2D eigenvalue weighted by molar-refractivity contribution is 6.30. The number of hydrogen-bond donors (Lipinski definition) is 0. The lowest BCUT2D eigenvalue weighted by atomic mass is 10.1. The summed E-state index contributed by atoms with van der Waals surface area (Å²) in [5, 5.41) is 13.5. The molecule has 6 nitrogen and oxygen atoms in total. The van der Waals surface area contributed by atoms with Crippen molar-refractivity contribution in [2.24, 2.45) is 0 Å². The minimum absolute atomic E-state index is 0.464. The first kappa shape index (κ1) is 15.5. The van der Waals surface area contributed by atoms with Crippen LogP contribution in [0.2, 0.25) is 5.02 Å². The zero-order chi connectivity index (χ0) is 17.5. The summed E-state index contributed by atoms with van der Waals surface area (Å²) in [5.74, 6) is 0.999. The molecular formula is C19H16ClN5O. The van der Waals surface area contributed by atoms with Crippen LogP contribution in [0, 0.1) is 0 Å². The molecule has 0 radical (unpaired) electrons. The fraction of sp³-hybridized carbons (Fsp3) is 0.263. The highest BCUT2D eigenvalue weighted by Crippen LogP contribution is 2.32. The summed E-state index contributed by atoms with van der Waals surface area (Å²) in [6, 6.07) is 13.8. The molecule has 2 aromatic heterocycles. The molecule has 0 N–H and O–H groups in total. The van der Waals surface area contributed by atoms with Crippen LogP contribution in [-0.4, -0.2) is 25.1 Å². The van der Waals surface area contributed by atoms with Gasteiger partial charge in [-0.1, -0.05) is 34.8 Å².